The van der Waals surface area contributed by atoms with Crippen LogP contribution in [0.3, 0.4) is 0 Å². The van der Waals surface area contributed by atoms with E-state index in [1.165, 1.54) is 25.6 Å². The molecule has 14 heteroatoms. The molecule has 3 fully saturated rings. The molecule has 0 aromatic heterocycles. The summed E-state index contributed by atoms with van der Waals surface area (Å²) in [5, 5.41) is 11.7. The number of nitrogens with one attached hydrogen (secondary N) is 1. The maximum atomic E-state index is 13.5. The number of amides is 2. The SMILES string of the molecule is C[C@@H](NC(=O)[C@H]1COCCN1C(=O)[C@H]1CCCN(S(=O)(=O)N2CC(C#N)C2)C1)c1ccc(C(F)(F)F)cc1. The molecule has 2 amide bonds. The summed E-state index contributed by atoms with van der Waals surface area (Å²) in [6, 6.07) is 4.95. The smallest absolute Gasteiger partial charge is 0.377 e. The zero-order valence-corrected chi connectivity index (χ0v) is 21.7. The molecule has 1 N–H and O–H groups in total. The molecule has 0 bridgehead atoms. The Morgan fingerprint density at radius 2 is 1.82 bits per heavy atom. The average molecular weight is 558 g/mol. The standard InChI is InChI=1S/C24H30F3N5O5S/c1-16(18-4-6-20(7-5-18)24(25,26)27)29-22(33)21-15-37-10-9-32(21)23(34)19-3-2-8-30(14-19)38(35,36)31-12-17(11-28)13-31/h4-7,16-17,19,21H,2-3,8-10,12-15H2,1H3,(H,29,33)/t16-,19+,21-/m1/s1. The molecule has 0 aliphatic carbocycles. The van der Waals surface area contributed by atoms with Gasteiger partial charge in [-0.3, -0.25) is 9.59 Å². The molecule has 4 rings (SSSR count). The number of hydrogen-bond donors (Lipinski definition) is 1. The van der Waals surface area contributed by atoms with Gasteiger partial charge in [-0.05, 0) is 37.5 Å². The van der Waals surface area contributed by atoms with Crippen LogP contribution < -0.4 is 5.32 Å². The number of morpholine rings is 1. The quantitative estimate of drug-likeness (QED) is 0.566. The van der Waals surface area contributed by atoms with Crippen LogP contribution in [-0.4, -0.2) is 85.7 Å². The number of ether oxygens (including phenoxy) is 1. The summed E-state index contributed by atoms with van der Waals surface area (Å²) < 4.78 is 72.4. The molecule has 1 aromatic rings. The molecule has 0 unspecified atom stereocenters. The van der Waals surface area contributed by atoms with Gasteiger partial charge in [-0.1, -0.05) is 12.1 Å². The molecule has 10 nitrogen and oxygen atoms in total. The van der Waals surface area contributed by atoms with Crippen molar-refractivity contribution in [3.05, 3.63) is 35.4 Å². The highest BCUT2D eigenvalue weighted by Gasteiger charge is 2.44. The van der Waals surface area contributed by atoms with Crippen molar-refractivity contribution in [2.75, 3.05) is 45.9 Å². The molecule has 38 heavy (non-hydrogen) atoms. The molecule has 0 spiro atoms. The van der Waals surface area contributed by atoms with Crippen LogP contribution in [0.25, 0.3) is 0 Å². The number of halogens is 3. The van der Waals surface area contributed by atoms with Crippen molar-refractivity contribution in [2.24, 2.45) is 11.8 Å². The van der Waals surface area contributed by atoms with Crippen molar-refractivity contribution in [1.82, 2.24) is 18.8 Å². The highest BCUT2D eigenvalue weighted by Crippen LogP contribution is 2.30. The van der Waals surface area contributed by atoms with Gasteiger partial charge in [-0.25, -0.2) is 0 Å². The lowest BCUT2D eigenvalue weighted by molar-refractivity contribution is -0.152. The van der Waals surface area contributed by atoms with Crippen molar-refractivity contribution in [2.45, 2.75) is 38.0 Å². The molecule has 3 atom stereocenters. The molecular weight excluding hydrogens is 527 g/mol. The fraction of sp³-hybridized carbons (Fsp3) is 0.625. The molecule has 0 radical (unpaired) electrons. The molecule has 3 aliphatic rings. The van der Waals surface area contributed by atoms with Gasteiger partial charge < -0.3 is 15.0 Å². The summed E-state index contributed by atoms with van der Waals surface area (Å²) in [6.45, 7) is 2.50. The number of benzene rings is 1. The molecule has 0 saturated carbocycles. The monoisotopic (exact) mass is 557 g/mol. The van der Waals surface area contributed by atoms with Gasteiger partial charge in [0.1, 0.15) is 6.04 Å². The summed E-state index contributed by atoms with van der Waals surface area (Å²) in [4.78, 5) is 28.0. The number of piperidine rings is 1. The van der Waals surface area contributed by atoms with Gasteiger partial charge in [0.05, 0.1) is 42.7 Å². The Hall–Kier alpha value is -2.73. The zero-order valence-electron chi connectivity index (χ0n) is 20.9. The number of carbonyl (C=O) groups excluding carboxylic acids is 2. The van der Waals surface area contributed by atoms with Crippen LogP contribution in [0.1, 0.15) is 36.9 Å². The molecular formula is C24H30F3N5O5S. The molecule has 3 saturated heterocycles. The first-order chi connectivity index (χ1) is 17.9. The molecule has 3 aliphatic heterocycles. The van der Waals surface area contributed by atoms with Gasteiger partial charge in [0.2, 0.25) is 11.8 Å². The first-order valence-electron chi connectivity index (χ1n) is 12.4. The minimum absolute atomic E-state index is 0.0114. The second kappa shape index (κ2) is 11.2. The van der Waals surface area contributed by atoms with E-state index in [1.807, 2.05) is 6.07 Å². The molecule has 1 aromatic carbocycles. The largest absolute Gasteiger partial charge is 0.416 e. The van der Waals surface area contributed by atoms with Crippen molar-refractivity contribution in [1.29, 1.82) is 5.26 Å². The van der Waals surface area contributed by atoms with E-state index in [2.05, 4.69) is 5.32 Å². The zero-order chi connectivity index (χ0) is 27.7. The van der Waals surface area contributed by atoms with Crippen LogP contribution in [0, 0.1) is 23.2 Å². The number of alkyl halides is 3. The normalized spacial score (nSPS) is 24.8. The van der Waals surface area contributed by atoms with E-state index in [4.69, 9.17) is 10.00 Å². The number of nitriles is 1. The second-order valence-corrected chi connectivity index (χ2v) is 11.7. The van der Waals surface area contributed by atoms with Crippen LogP contribution >= 0.6 is 0 Å². The minimum atomic E-state index is -4.46. The Bertz CT molecular complexity index is 1180. The van der Waals surface area contributed by atoms with E-state index in [9.17, 15) is 31.2 Å². The lowest BCUT2D eigenvalue weighted by atomic mass is 9.97. The Morgan fingerprint density at radius 1 is 1.13 bits per heavy atom. The van der Waals surface area contributed by atoms with Gasteiger partial charge in [-0.2, -0.15) is 35.5 Å². The highest BCUT2D eigenvalue weighted by atomic mass is 32.2. The fourth-order valence-electron chi connectivity index (χ4n) is 4.90. The second-order valence-electron chi connectivity index (χ2n) is 9.82. The Labute approximate surface area is 219 Å². The van der Waals surface area contributed by atoms with E-state index < -0.39 is 45.9 Å². The number of nitrogens with zero attached hydrogens (tertiary/aromatic N) is 4. The Kier molecular flexibility index (Phi) is 8.32. The average Bonchev–Trinajstić information content (AvgIpc) is 2.87. The van der Waals surface area contributed by atoms with E-state index in [-0.39, 0.29) is 57.8 Å². The topological polar surface area (TPSA) is 123 Å². The van der Waals surface area contributed by atoms with Crippen molar-refractivity contribution < 1.29 is 35.9 Å². The van der Waals surface area contributed by atoms with Crippen LogP contribution in [0.5, 0.6) is 0 Å². The lowest BCUT2D eigenvalue weighted by Gasteiger charge is -2.42. The predicted octanol–water partition coefficient (Wildman–Crippen LogP) is 1.52. The van der Waals surface area contributed by atoms with Crippen molar-refractivity contribution in [3.63, 3.8) is 0 Å². The van der Waals surface area contributed by atoms with Crippen molar-refractivity contribution >= 4 is 22.0 Å². The first-order valence-corrected chi connectivity index (χ1v) is 13.8. The summed E-state index contributed by atoms with van der Waals surface area (Å²) >= 11 is 0. The van der Waals surface area contributed by atoms with Gasteiger partial charge in [-0.15, -0.1) is 0 Å². The van der Waals surface area contributed by atoms with E-state index in [1.54, 1.807) is 6.92 Å². The Morgan fingerprint density at radius 3 is 2.45 bits per heavy atom. The van der Waals surface area contributed by atoms with Crippen LogP contribution in [0.15, 0.2) is 24.3 Å². The lowest BCUT2D eigenvalue weighted by Crippen LogP contribution is -2.60. The van der Waals surface area contributed by atoms with E-state index >= 15 is 0 Å². The maximum Gasteiger partial charge on any atom is 0.416 e. The Balaban J connectivity index is 1.40. The number of carbonyl (C=O) groups is 2. The van der Waals surface area contributed by atoms with Crippen LogP contribution in [0.2, 0.25) is 0 Å². The minimum Gasteiger partial charge on any atom is -0.377 e. The van der Waals surface area contributed by atoms with Gasteiger partial charge in [0.25, 0.3) is 10.2 Å². The van der Waals surface area contributed by atoms with Gasteiger partial charge >= 0.3 is 6.18 Å². The highest BCUT2D eigenvalue weighted by molar-refractivity contribution is 7.86. The van der Waals surface area contributed by atoms with Crippen LogP contribution in [-0.2, 0) is 30.7 Å². The van der Waals surface area contributed by atoms with E-state index in [0.29, 0.717) is 18.4 Å². The van der Waals surface area contributed by atoms with Gasteiger partial charge in [0.15, 0.2) is 0 Å². The first kappa shape index (κ1) is 28.3. The maximum absolute atomic E-state index is 13.5. The third kappa shape index (κ3) is 5.96. The number of hydrogen-bond acceptors (Lipinski definition) is 6. The third-order valence-electron chi connectivity index (χ3n) is 7.23. The third-order valence-corrected chi connectivity index (χ3v) is 9.16. The van der Waals surface area contributed by atoms with Crippen molar-refractivity contribution in [3.8, 4) is 6.07 Å². The fourth-order valence-corrected chi connectivity index (χ4v) is 6.69. The summed E-state index contributed by atoms with van der Waals surface area (Å²) in [5.41, 5.74) is -0.321. The summed E-state index contributed by atoms with van der Waals surface area (Å²) in [7, 11) is -3.78. The summed E-state index contributed by atoms with van der Waals surface area (Å²) in [5.74, 6) is -1.81. The van der Waals surface area contributed by atoms with E-state index in [0.717, 1.165) is 12.1 Å². The predicted molar refractivity (Wildman–Crippen MR) is 128 cm³/mol. The molecule has 3 heterocycles. The van der Waals surface area contributed by atoms with Gasteiger partial charge in [0, 0.05) is 32.7 Å². The van der Waals surface area contributed by atoms with Crippen LogP contribution in [0.4, 0.5) is 13.2 Å². The number of rotatable bonds is 6. The molecule has 208 valence electrons. The summed E-state index contributed by atoms with van der Waals surface area (Å²) in [6.07, 6.45) is -3.51.